The van der Waals surface area contributed by atoms with Gasteiger partial charge in [0.1, 0.15) is 0 Å². The first kappa shape index (κ1) is 16.1. The van der Waals surface area contributed by atoms with Gasteiger partial charge >= 0.3 is 0 Å². The molecule has 0 aromatic carbocycles. The summed E-state index contributed by atoms with van der Waals surface area (Å²) in [7, 11) is -4.24. The average Bonchev–Trinajstić information content (AvgIpc) is 2.09. The number of nitrogens with two attached hydrogens (primary N) is 1. The summed E-state index contributed by atoms with van der Waals surface area (Å²) in [4.78, 5) is 0. The van der Waals surface area contributed by atoms with Gasteiger partial charge in [-0.15, -0.1) is 0 Å². The van der Waals surface area contributed by atoms with E-state index in [0.29, 0.717) is 12.2 Å². The molecule has 2 unspecified atom stereocenters. The number of hydrogen-bond acceptors (Lipinski definition) is 4. The SMILES string of the molecule is CC(N)CCS(=O)CCS(=O)(=O)C(C)(C)C. The van der Waals surface area contributed by atoms with Crippen LogP contribution in [0, 0.1) is 0 Å². The van der Waals surface area contributed by atoms with Crippen molar-refractivity contribution in [2.45, 2.75) is 44.9 Å². The molecule has 2 N–H and O–H groups in total. The summed E-state index contributed by atoms with van der Waals surface area (Å²) in [5.74, 6) is 0.686. The smallest absolute Gasteiger partial charge is 0.156 e. The summed E-state index contributed by atoms with van der Waals surface area (Å²) in [6.45, 7) is 6.83. The van der Waals surface area contributed by atoms with Crippen molar-refractivity contribution in [1.82, 2.24) is 0 Å². The predicted octanol–water partition coefficient (Wildman–Crippen LogP) is 0.686. The van der Waals surface area contributed by atoms with Gasteiger partial charge < -0.3 is 5.73 Å². The molecule has 0 heterocycles. The highest BCUT2D eigenvalue weighted by atomic mass is 32.2. The largest absolute Gasteiger partial charge is 0.328 e. The van der Waals surface area contributed by atoms with Crippen molar-refractivity contribution < 1.29 is 12.6 Å². The third-order valence-corrected chi connectivity index (χ3v) is 6.53. The second-order valence-electron chi connectivity index (χ2n) is 5.05. The van der Waals surface area contributed by atoms with E-state index in [1.54, 1.807) is 20.8 Å². The first-order chi connectivity index (χ1) is 7.06. The van der Waals surface area contributed by atoms with Crippen LogP contribution < -0.4 is 5.73 Å². The van der Waals surface area contributed by atoms with Gasteiger partial charge in [-0.1, -0.05) is 0 Å². The maximum Gasteiger partial charge on any atom is 0.156 e. The highest BCUT2D eigenvalue weighted by Gasteiger charge is 2.28. The van der Waals surface area contributed by atoms with E-state index in [9.17, 15) is 12.6 Å². The fourth-order valence-corrected chi connectivity index (χ4v) is 4.00. The summed E-state index contributed by atoms with van der Waals surface area (Å²) in [5.41, 5.74) is 5.54. The van der Waals surface area contributed by atoms with Crippen LogP contribution in [-0.2, 0) is 20.6 Å². The molecule has 0 spiro atoms. The third kappa shape index (κ3) is 5.96. The maximum absolute atomic E-state index is 11.7. The molecular formula is C10H23NO3S2. The summed E-state index contributed by atoms with van der Waals surface area (Å²) in [6.07, 6.45) is 0.669. The molecule has 0 aliphatic carbocycles. The van der Waals surface area contributed by atoms with Gasteiger partial charge in [-0.3, -0.25) is 4.21 Å². The van der Waals surface area contributed by atoms with Crippen molar-refractivity contribution in [1.29, 1.82) is 0 Å². The van der Waals surface area contributed by atoms with Crippen LogP contribution in [0.15, 0.2) is 0 Å². The van der Waals surface area contributed by atoms with Gasteiger partial charge in [-0.25, -0.2) is 8.42 Å². The lowest BCUT2D eigenvalue weighted by Gasteiger charge is -2.18. The molecule has 0 aromatic heterocycles. The Hall–Kier alpha value is 0.0600. The minimum atomic E-state index is -3.16. The molecule has 0 aliphatic heterocycles. The average molecular weight is 269 g/mol. The van der Waals surface area contributed by atoms with Crippen LogP contribution in [0.3, 0.4) is 0 Å². The normalized spacial score (nSPS) is 17.1. The second kappa shape index (κ2) is 6.12. The molecule has 0 aromatic rings. The zero-order valence-corrected chi connectivity index (χ0v) is 12.2. The van der Waals surface area contributed by atoms with E-state index in [-0.39, 0.29) is 17.5 Å². The molecule has 98 valence electrons. The van der Waals surface area contributed by atoms with Crippen LogP contribution >= 0.6 is 0 Å². The highest BCUT2D eigenvalue weighted by molar-refractivity contribution is 7.94. The van der Waals surface area contributed by atoms with Crippen LogP contribution in [-0.4, -0.2) is 40.7 Å². The fourth-order valence-electron chi connectivity index (χ4n) is 0.928. The number of hydrogen-bond donors (Lipinski definition) is 1. The molecule has 4 nitrogen and oxygen atoms in total. The van der Waals surface area contributed by atoms with E-state index < -0.39 is 25.4 Å². The van der Waals surface area contributed by atoms with E-state index in [0.717, 1.165) is 0 Å². The van der Waals surface area contributed by atoms with Gasteiger partial charge in [0.2, 0.25) is 0 Å². The van der Waals surface area contributed by atoms with Gasteiger partial charge in [0, 0.05) is 28.3 Å². The molecule has 6 heteroatoms. The highest BCUT2D eigenvalue weighted by Crippen LogP contribution is 2.15. The first-order valence-electron chi connectivity index (χ1n) is 5.39. The quantitative estimate of drug-likeness (QED) is 0.769. The zero-order valence-electron chi connectivity index (χ0n) is 10.5. The van der Waals surface area contributed by atoms with Gasteiger partial charge in [0.25, 0.3) is 0 Å². The van der Waals surface area contributed by atoms with Gasteiger partial charge in [-0.05, 0) is 34.1 Å². The molecule has 16 heavy (non-hydrogen) atoms. The molecule has 0 fully saturated rings. The van der Waals surface area contributed by atoms with Crippen molar-refractivity contribution >= 4 is 20.6 Å². The molecule has 0 saturated carbocycles. The Morgan fingerprint density at radius 3 is 2.12 bits per heavy atom. The van der Waals surface area contributed by atoms with Crippen LogP contribution in [0.4, 0.5) is 0 Å². The second-order valence-corrected chi connectivity index (χ2v) is 9.60. The Labute approximate surface area is 101 Å². The van der Waals surface area contributed by atoms with Crippen LogP contribution in [0.2, 0.25) is 0 Å². The monoisotopic (exact) mass is 269 g/mol. The Morgan fingerprint density at radius 1 is 1.25 bits per heavy atom. The molecule has 0 bridgehead atoms. The van der Waals surface area contributed by atoms with Crippen molar-refractivity contribution in [3.63, 3.8) is 0 Å². The third-order valence-electron chi connectivity index (χ3n) is 2.31. The predicted molar refractivity (Wildman–Crippen MR) is 69.7 cm³/mol. The van der Waals surface area contributed by atoms with Gasteiger partial charge in [-0.2, -0.15) is 0 Å². The molecular weight excluding hydrogens is 246 g/mol. The lowest BCUT2D eigenvalue weighted by atomic mass is 10.3. The van der Waals surface area contributed by atoms with E-state index >= 15 is 0 Å². The molecule has 0 rings (SSSR count). The van der Waals surface area contributed by atoms with Crippen molar-refractivity contribution in [3.05, 3.63) is 0 Å². The van der Waals surface area contributed by atoms with Crippen molar-refractivity contribution in [2.75, 3.05) is 17.3 Å². The fraction of sp³-hybridized carbons (Fsp3) is 1.00. The van der Waals surface area contributed by atoms with Crippen LogP contribution in [0.1, 0.15) is 34.1 Å². The maximum atomic E-state index is 11.7. The van der Waals surface area contributed by atoms with Crippen LogP contribution in [0.5, 0.6) is 0 Å². The Bertz CT molecular complexity index is 328. The zero-order chi connectivity index (χ0) is 13.0. The van der Waals surface area contributed by atoms with E-state index in [1.165, 1.54) is 0 Å². The molecule has 0 aliphatic rings. The van der Waals surface area contributed by atoms with Gasteiger partial charge in [0.05, 0.1) is 10.5 Å². The lowest BCUT2D eigenvalue weighted by molar-refractivity contribution is 0.561. The molecule has 2 atom stereocenters. The summed E-state index contributed by atoms with van der Waals surface area (Å²) in [6, 6.07) is 0.0168. The number of rotatable bonds is 6. The van der Waals surface area contributed by atoms with Gasteiger partial charge in [0.15, 0.2) is 9.84 Å². The van der Waals surface area contributed by atoms with E-state index in [2.05, 4.69) is 0 Å². The Morgan fingerprint density at radius 2 is 1.75 bits per heavy atom. The Balaban J connectivity index is 4.12. The van der Waals surface area contributed by atoms with Crippen LogP contribution in [0.25, 0.3) is 0 Å². The molecule has 0 amide bonds. The summed E-state index contributed by atoms with van der Waals surface area (Å²) >= 11 is 0. The topological polar surface area (TPSA) is 77.2 Å². The first-order valence-corrected chi connectivity index (χ1v) is 8.53. The van der Waals surface area contributed by atoms with E-state index in [4.69, 9.17) is 5.73 Å². The minimum absolute atomic E-state index is 0.0118. The van der Waals surface area contributed by atoms with Crippen molar-refractivity contribution in [3.8, 4) is 0 Å². The molecule has 0 saturated heterocycles. The minimum Gasteiger partial charge on any atom is -0.328 e. The van der Waals surface area contributed by atoms with Crippen molar-refractivity contribution in [2.24, 2.45) is 5.73 Å². The Kier molecular flexibility index (Phi) is 6.14. The summed E-state index contributed by atoms with van der Waals surface area (Å²) in [5, 5.41) is 0. The molecule has 0 radical (unpaired) electrons. The standard InChI is InChI=1S/C10H23NO3S2/c1-9(11)5-6-15(12)7-8-16(13,14)10(2,3)4/h9H,5-8,11H2,1-4H3. The lowest BCUT2D eigenvalue weighted by Crippen LogP contribution is -2.32. The van der Waals surface area contributed by atoms with E-state index in [1.807, 2.05) is 6.92 Å². The number of sulfone groups is 1. The summed E-state index contributed by atoms with van der Waals surface area (Å²) < 4.78 is 34.2.